The number of imidazole rings is 1. The smallest absolute Gasteiger partial charge is 0.326 e. The Balaban J connectivity index is 1.89. The fourth-order valence-electron chi connectivity index (χ4n) is 3.89. The van der Waals surface area contributed by atoms with Gasteiger partial charge in [0.25, 0.3) is 0 Å². The quantitative estimate of drug-likeness (QED) is 0.126. The Kier molecular flexibility index (Phi) is 18.5. The molecule has 6 nitrogen and oxygen atoms in total. The van der Waals surface area contributed by atoms with Crippen molar-refractivity contribution in [3.05, 3.63) is 42.5 Å². The minimum Gasteiger partial charge on any atom is -0.480 e. The molecule has 0 unspecified atom stereocenters. The molecule has 34 heavy (non-hydrogen) atoms. The second-order valence-electron chi connectivity index (χ2n) is 9.13. The highest BCUT2D eigenvalue weighted by molar-refractivity contribution is 5.83. The van der Waals surface area contributed by atoms with Gasteiger partial charge in [0.2, 0.25) is 5.91 Å². The molecule has 0 aliphatic heterocycles. The molecule has 0 bridgehead atoms. The molecule has 1 atom stereocenters. The Bertz CT molecular complexity index is 683. The number of unbranched alkanes of at least 4 members (excludes halogenated alkanes) is 12. The second kappa shape index (κ2) is 21.2. The van der Waals surface area contributed by atoms with E-state index in [1.54, 1.807) is 6.20 Å². The lowest BCUT2D eigenvalue weighted by Gasteiger charge is -2.13. The number of aromatic amines is 1. The molecule has 6 heteroatoms. The highest BCUT2D eigenvalue weighted by Gasteiger charge is 2.20. The number of aliphatic carboxylic acids is 1. The average molecular weight is 474 g/mol. The number of carbonyl (C=O) groups excluding carboxylic acids is 1. The number of amides is 1. The first-order valence-corrected chi connectivity index (χ1v) is 13.4. The molecule has 0 radical (unpaired) electrons. The summed E-state index contributed by atoms with van der Waals surface area (Å²) in [6.07, 6.45) is 30.9. The molecule has 0 fully saturated rings. The van der Waals surface area contributed by atoms with Crippen molar-refractivity contribution in [3.8, 4) is 0 Å². The summed E-state index contributed by atoms with van der Waals surface area (Å²) in [5.74, 6) is -1.21. The Morgan fingerprint density at radius 3 is 2.06 bits per heavy atom. The minimum absolute atomic E-state index is 0.191. The zero-order valence-electron chi connectivity index (χ0n) is 21.3. The number of rotatable bonds is 22. The first kappa shape index (κ1) is 29.7. The van der Waals surface area contributed by atoms with Gasteiger partial charge in [-0.25, -0.2) is 9.78 Å². The van der Waals surface area contributed by atoms with Crippen LogP contribution >= 0.6 is 0 Å². The molecule has 0 aromatic carbocycles. The zero-order valence-corrected chi connectivity index (χ0v) is 21.3. The molecule has 1 aromatic heterocycles. The topological polar surface area (TPSA) is 95.1 Å². The summed E-state index contributed by atoms with van der Waals surface area (Å²) >= 11 is 0. The van der Waals surface area contributed by atoms with Gasteiger partial charge in [0, 0.05) is 24.7 Å². The van der Waals surface area contributed by atoms with Crippen molar-refractivity contribution in [2.24, 2.45) is 0 Å². The molecular weight excluding hydrogens is 426 g/mol. The summed E-state index contributed by atoms with van der Waals surface area (Å²) in [6.45, 7) is 2.24. The summed E-state index contributed by atoms with van der Waals surface area (Å²) in [7, 11) is 0. The van der Waals surface area contributed by atoms with E-state index >= 15 is 0 Å². The molecule has 3 N–H and O–H groups in total. The van der Waals surface area contributed by atoms with Gasteiger partial charge in [-0.1, -0.05) is 89.0 Å². The van der Waals surface area contributed by atoms with Gasteiger partial charge >= 0.3 is 5.97 Å². The molecule has 192 valence electrons. The van der Waals surface area contributed by atoms with Crippen LogP contribution < -0.4 is 5.32 Å². The van der Waals surface area contributed by atoms with E-state index in [2.05, 4.69) is 46.5 Å². The van der Waals surface area contributed by atoms with Crippen molar-refractivity contribution in [1.82, 2.24) is 15.3 Å². The van der Waals surface area contributed by atoms with Crippen LogP contribution in [0.5, 0.6) is 0 Å². The Morgan fingerprint density at radius 2 is 1.50 bits per heavy atom. The van der Waals surface area contributed by atoms with Gasteiger partial charge in [0.1, 0.15) is 6.04 Å². The number of hydrogen-bond donors (Lipinski definition) is 3. The van der Waals surface area contributed by atoms with Gasteiger partial charge < -0.3 is 15.4 Å². The fourth-order valence-corrected chi connectivity index (χ4v) is 3.89. The first-order valence-electron chi connectivity index (χ1n) is 13.4. The number of carboxylic acid groups (broad SMARTS) is 1. The SMILES string of the molecule is CCCCC/C=C\C/C=C\CCCCCCCCCCCC(=O)N[C@@H](Cc1cnc[nH]1)C(=O)O. The van der Waals surface area contributed by atoms with E-state index in [1.807, 2.05) is 0 Å². The fraction of sp³-hybridized carbons (Fsp3) is 0.679. The zero-order chi connectivity index (χ0) is 24.7. The van der Waals surface area contributed by atoms with Crippen molar-refractivity contribution in [3.63, 3.8) is 0 Å². The minimum atomic E-state index is -1.02. The molecule has 0 aliphatic rings. The maximum absolute atomic E-state index is 12.1. The molecule has 1 aromatic rings. The van der Waals surface area contributed by atoms with E-state index in [0.29, 0.717) is 12.1 Å². The third kappa shape index (κ3) is 17.2. The van der Waals surface area contributed by atoms with Gasteiger partial charge in [0.15, 0.2) is 0 Å². The van der Waals surface area contributed by atoms with Crippen LogP contribution in [0.3, 0.4) is 0 Å². The predicted octanol–water partition coefficient (Wildman–Crippen LogP) is 6.90. The summed E-state index contributed by atoms with van der Waals surface area (Å²) in [5, 5.41) is 11.9. The normalized spacial score (nSPS) is 12.5. The molecule has 0 aliphatic carbocycles. The molecule has 1 rings (SSSR count). The number of carbonyl (C=O) groups is 2. The number of aromatic nitrogens is 2. The lowest BCUT2D eigenvalue weighted by Crippen LogP contribution is -2.42. The van der Waals surface area contributed by atoms with Crippen LogP contribution in [0.2, 0.25) is 0 Å². The number of nitrogens with zero attached hydrogens (tertiary/aromatic N) is 1. The largest absolute Gasteiger partial charge is 0.480 e. The summed E-state index contributed by atoms with van der Waals surface area (Å²) in [6, 6.07) is -0.916. The number of nitrogens with one attached hydrogen (secondary N) is 2. The summed E-state index contributed by atoms with van der Waals surface area (Å²) < 4.78 is 0. The molecule has 1 amide bonds. The van der Waals surface area contributed by atoms with Crippen molar-refractivity contribution < 1.29 is 14.7 Å². The Labute approximate surface area is 206 Å². The van der Waals surface area contributed by atoms with E-state index in [-0.39, 0.29) is 12.3 Å². The van der Waals surface area contributed by atoms with Crippen molar-refractivity contribution in [1.29, 1.82) is 0 Å². The van der Waals surface area contributed by atoms with Gasteiger partial charge in [0.05, 0.1) is 6.33 Å². The van der Waals surface area contributed by atoms with E-state index in [1.165, 1.54) is 77.0 Å². The van der Waals surface area contributed by atoms with Crippen molar-refractivity contribution >= 4 is 11.9 Å². The van der Waals surface area contributed by atoms with Crippen molar-refractivity contribution in [2.45, 2.75) is 122 Å². The van der Waals surface area contributed by atoms with Gasteiger partial charge in [-0.15, -0.1) is 0 Å². The second-order valence-corrected chi connectivity index (χ2v) is 9.13. The highest BCUT2D eigenvalue weighted by Crippen LogP contribution is 2.12. The maximum atomic E-state index is 12.1. The first-order chi connectivity index (χ1) is 16.6. The Hall–Kier alpha value is -2.37. The van der Waals surface area contributed by atoms with Crippen LogP contribution in [0.4, 0.5) is 0 Å². The van der Waals surface area contributed by atoms with Crippen LogP contribution in [-0.4, -0.2) is 33.0 Å². The van der Waals surface area contributed by atoms with Crippen LogP contribution in [-0.2, 0) is 16.0 Å². The summed E-state index contributed by atoms with van der Waals surface area (Å²) in [4.78, 5) is 30.2. The lowest BCUT2D eigenvalue weighted by atomic mass is 10.1. The van der Waals surface area contributed by atoms with E-state index in [0.717, 1.165) is 25.7 Å². The Morgan fingerprint density at radius 1 is 0.912 bits per heavy atom. The third-order valence-corrected chi connectivity index (χ3v) is 5.97. The van der Waals surface area contributed by atoms with Gasteiger partial charge in [-0.3, -0.25) is 4.79 Å². The lowest BCUT2D eigenvalue weighted by molar-refractivity contribution is -0.141. The van der Waals surface area contributed by atoms with E-state index in [9.17, 15) is 14.7 Å². The molecule has 0 saturated heterocycles. The number of H-pyrrole nitrogens is 1. The predicted molar refractivity (Wildman–Crippen MR) is 140 cm³/mol. The molecule has 0 saturated carbocycles. The van der Waals surface area contributed by atoms with Gasteiger partial charge in [-0.05, 0) is 38.5 Å². The number of hydrogen-bond acceptors (Lipinski definition) is 3. The van der Waals surface area contributed by atoms with Crippen molar-refractivity contribution in [2.75, 3.05) is 0 Å². The molecule has 0 spiro atoms. The molecular formula is C28H47N3O3. The monoisotopic (exact) mass is 473 g/mol. The van der Waals surface area contributed by atoms with Crippen LogP contribution in [0.1, 0.15) is 115 Å². The number of carboxylic acids is 1. The number of allylic oxidation sites excluding steroid dienone is 4. The molecule has 1 heterocycles. The summed E-state index contributed by atoms with van der Waals surface area (Å²) in [5.41, 5.74) is 0.699. The average Bonchev–Trinajstić information content (AvgIpc) is 3.33. The maximum Gasteiger partial charge on any atom is 0.326 e. The highest BCUT2D eigenvalue weighted by atomic mass is 16.4. The van der Waals surface area contributed by atoms with E-state index < -0.39 is 12.0 Å². The van der Waals surface area contributed by atoms with Crippen LogP contribution in [0.15, 0.2) is 36.8 Å². The van der Waals surface area contributed by atoms with Gasteiger partial charge in [-0.2, -0.15) is 0 Å². The van der Waals surface area contributed by atoms with Crippen LogP contribution in [0, 0.1) is 0 Å². The standard InChI is InChI=1S/C28H47N3O3/c1-2-3-4-5-6-7-8-9-10-11-12-13-14-15-16-17-18-19-20-21-27(32)31-26(28(33)34)22-25-23-29-24-30-25/h6-7,9-10,23-24,26H,2-5,8,11-22H2,1H3,(H,29,30)(H,31,32)(H,33,34)/b7-6-,10-9-/t26-/m0/s1. The van der Waals surface area contributed by atoms with E-state index in [4.69, 9.17) is 0 Å². The van der Waals surface area contributed by atoms with Crippen LogP contribution in [0.25, 0.3) is 0 Å². The third-order valence-electron chi connectivity index (χ3n) is 5.97.